The summed E-state index contributed by atoms with van der Waals surface area (Å²) in [6.45, 7) is 6.25. The number of carbonyl (C=O) groups is 2. The highest BCUT2D eigenvalue weighted by molar-refractivity contribution is 6.03. The van der Waals surface area contributed by atoms with Crippen LogP contribution < -0.4 is 10.2 Å². The minimum Gasteiger partial charge on any atom is -0.311 e. The summed E-state index contributed by atoms with van der Waals surface area (Å²) in [7, 11) is 0. The van der Waals surface area contributed by atoms with Crippen molar-refractivity contribution in [2.24, 2.45) is 5.92 Å². The van der Waals surface area contributed by atoms with Crippen LogP contribution in [0.25, 0.3) is 0 Å². The van der Waals surface area contributed by atoms with Gasteiger partial charge in [0.2, 0.25) is 11.8 Å². The molecule has 1 unspecified atom stereocenters. The van der Waals surface area contributed by atoms with Crippen LogP contribution in [0.4, 0.5) is 11.5 Å². The lowest BCUT2D eigenvalue weighted by atomic mass is 10.1. The van der Waals surface area contributed by atoms with E-state index >= 15 is 0 Å². The van der Waals surface area contributed by atoms with Gasteiger partial charge in [-0.2, -0.15) is 0 Å². The second kappa shape index (κ2) is 6.43. The van der Waals surface area contributed by atoms with E-state index in [1.165, 1.54) is 0 Å². The first-order valence-corrected chi connectivity index (χ1v) is 8.06. The monoisotopic (exact) mass is 323 g/mol. The van der Waals surface area contributed by atoms with Crippen molar-refractivity contribution in [2.75, 3.05) is 16.8 Å². The van der Waals surface area contributed by atoms with Crippen molar-refractivity contribution in [2.45, 2.75) is 27.2 Å². The Morgan fingerprint density at radius 1 is 1.21 bits per heavy atom. The molecule has 5 nitrogen and oxygen atoms in total. The summed E-state index contributed by atoms with van der Waals surface area (Å²) < 4.78 is 0. The van der Waals surface area contributed by atoms with Crippen LogP contribution in [0, 0.1) is 26.7 Å². The lowest BCUT2D eigenvalue weighted by Gasteiger charge is -2.19. The van der Waals surface area contributed by atoms with Crippen molar-refractivity contribution >= 4 is 23.3 Å². The molecule has 1 atom stereocenters. The fourth-order valence-corrected chi connectivity index (χ4v) is 2.97. The average Bonchev–Trinajstić information content (AvgIpc) is 2.92. The molecule has 2 aromatic rings. The molecule has 0 saturated carbocycles. The average molecular weight is 323 g/mol. The molecular formula is C19H21N3O2. The fourth-order valence-electron chi connectivity index (χ4n) is 2.97. The van der Waals surface area contributed by atoms with Crippen LogP contribution in [-0.4, -0.2) is 23.3 Å². The number of pyridine rings is 1. The Bertz CT molecular complexity index is 801. The molecule has 2 heterocycles. The first-order valence-electron chi connectivity index (χ1n) is 8.06. The summed E-state index contributed by atoms with van der Waals surface area (Å²) in [5, 5.41) is 2.81. The van der Waals surface area contributed by atoms with Crippen LogP contribution in [-0.2, 0) is 9.59 Å². The maximum absolute atomic E-state index is 12.5. The Kier molecular flexibility index (Phi) is 4.34. The van der Waals surface area contributed by atoms with Gasteiger partial charge in [-0.15, -0.1) is 0 Å². The van der Waals surface area contributed by atoms with Crippen molar-refractivity contribution in [3.63, 3.8) is 0 Å². The van der Waals surface area contributed by atoms with E-state index in [1.807, 2.05) is 51.1 Å². The van der Waals surface area contributed by atoms with Crippen molar-refractivity contribution in [3.05, 3.63) is 53.2 Å². The summed E-state index contributed by atoms with van der Waals surface area (Å²) in [5.41, 5.74) is 3.87. The van der Waals surface area contributed by atoms with Gasteiger partial charge in [0.15, 0.2) is 0 Å². The number of aryl methyl sites for hydroxylation is 3. The zero-order valence-corrected chi connectivity index (χ0v) is 14.2. The third-order valence-electron chi connectivity index (χ3n) is 4.29. The molecule has 0 radical (unpaired) electrons. The maximum Gasteiger partial charge on any atom is 0.230 e. The highest BCUT2D eigenvalue weighted by Gasteiger charge is 2.35. The van der Waals surface area contributed by atoms with E-state index in [9.17, 15) is 9.59 Å². The number of anilines is 2. The Balaban J connectivity index is 1.74. The molecule has 0 spiro atoms. The predicted molar refractivity (Wildman–Crippen MR) is 94.0 cm³/mol. The standard InChI is InChI=1S/C19H21N3O2/c1-12-7-8-13(2)16(9-12)22-11-15(10-18(22)23)19(24)21-17-6-4-5-14(3)20-17/h4-9,15H,10-11H2,1-3H3,(H,20,21,24). The summed E-state index contributed by atoms with van der Waals surface area (Å²) in [5.74, 6) is -0.00679. The summed E-state index contributed by atoms with van der Waals surface area (Å²) >= 11 is 0. The maximum atomic E-state index is 12.5. The van der Waals surface area contributed by atoms with Gasteiger partial charge in [-0.3, -0.25) is 9.59 Å². The third kappa shape index (κ3) is 3.30. The van der Waals surface area contributed by atoms with Gasteiger partial charge >= 0.3 is 0 Å². The van der Waals surface area contributed by atoms with Crippen molar-refractivity contribution in [1.29, 1.82) is 0 Å². The molecule has 24 heavy (non-hydrogen) atoms. The van der Waals surface area contributed by atoms with E-state index < -0.39 is 0 Å². The molecule has 1 N–H and O–H groups in total. The summed E-state index contributed by atoms with van der Waals surface area (Å²) in [4.78, 5) is 30.9. The number of amides is 2. The second-order valence-corrected chi connectivity index (χ2v) is 6.35. The van der Waals surface area contributed by atoms with Crippen molar-refractivity contribution in [3.8, 4) is 0 Å². The van der Waals surface area contributed by atoms with E-state index in [0.29, 0.717) is 12.4 Å². The van der Waals surface area contributed by atoms with Crippen LogP contribution in [0.5, 0.6) is 0 Å². The number of benzene rings is 1. The van der Waals surface area contributed by atoms with Crippen LogP contribution in [0.3, 0.4) is 0 Å². The number of nitrogens with one attached hydrogen (secondary N) is 1. The molecular weight excluding hydrogens is 302 g/mol. The molecule has 5 heteroatoms. The Morgan fingerprint density at radius 2 is 2.00 bits per heavy atom. The Hall–Kier alpha value is -2.69. The van der Waals surface area contributed by atoms with Gasteiger partial charge in [-0.1, -0.05) is 18.2 Å². The van der Waals surface area contributed by atoms with Gasteiger partial charge in [0.05, 0.1) is 5.92 Å². The van der Waals surface area contributed by atoms with Crippen LogP contribution >= 0.6 is 0 Å². The highest BCUT2D eigenvalue weighted by atomic mass is 16.2. The lowest BCUT2D eigenvalue weighted by Crippen LogP contribution is -2.28. The van der Waals surface area contributed by atoms with Crippen molar-refractivity contribution < 1.29 is 9.59 Å². The highest BCUT2D eigenvalue weighted by Crippen LogP contribution is 2.29. The Morgan fingerprint density at radius 3 is 2.75 bits per heavy atom. The first kappa shape index (κ1) is 16.2. The molecule has 1 aliphatic rings. The summed E-state index contributed by atoms with van der Waals surface area (Å²) in [6.07, 6.45) is 0.227. The normalized spacial score (nSPS) is 17.2. The quantitative estimate of drug-likeness (QED) is 0.944. The first-order chi connectivity index (χ1) is 11.4. The predicted octanol–water partition coefficient (Wildman–Crippen LogP) is 3.00. The van der Waals surface area contributed by atoms with Gasteiger partial charge in [0.1, 0.15) is 5.82 Å². The second-order valence-electron chi connectivity index (χ2n) is 6.35. The molecule has 1 fully saturated rings. The van der Waals surface area contributed by atoms with Crippen LogP contribution in [0.2, 0.25) is 0 Å². The molecule has 0 bridgehead atoms. The number of aromatic nitrogens is 1. The Labute approximate surface area is 141 Å². The number of hydrogen-bond donors (Lipinski definition) is 1. The van der Waals surface area contributed by atoms with Crippen LogP contribution in [0.15, 0.2) is 36.4 Å². The number of rotatable bonds is 3. The molecule has 3 rings (SSSR count). The van der Waals surface area contributed by atoms with E-state index in [2.05, 4.69) is 10.3 Å². The minimum atomic E-state index is -0.361. The van der Waals surface area contributed by atoms with E-state index in [4.69, 9.17) is 0 Å². The molecule has 2 amide bonds. The van der Waals surface area contributed by atoms with Gasteiger partial charge in [-0.05, 0) is 50.1 Å². The fraction of sp³-hybridized carbons (Fsp3) is 0.316. The van der Waals surface area contributed by atoms with Gasteiger partial charge < -0.3 is 10.2 Å². The van der Waals surface area contributed by atoms with Gasteiger partial charge in [-0.25, -0.2) is 4.98 Å². The third-order valence-corrected chi connectivity index (χ3v) is 4.29. The molecule has 0 aliphatic carbocycles. The number of hydrogen-bond acceptors (Lipinski definition) is 3. The number of nitrogens with zero attached hydrogens (tertiary/aromatic N) is 2. The van der Waals surface area contributed by atoms with Crippen molar-refractivity contribution in [1.82, 2.24) is 4.98 Å². The summed E-state index contributed by atoms with van der Waals surface area (Å²) in [6, 6.07) is 11.5. The minimum absolute atomic E-state index is 0.0129. The van der Waals surface area contributed by atoms with Crippen LogP contribution in [0.1, 0.15) is 23.2 Å². The molecule has 124 valence electrons. The number of carbonyl (C=O) groups excluding carboxylic acids is 2. The smallest absolute Gasteiger partial charge is 0.230 e. The lowest BCUT2D eigenvalue weighted by molar-refractivity contribution is -0.122. The molecule has 1 saturated heterocycles. The van der Waals surface area contributed by atoms with Gasteiger partial charge in [0, 0.05) is 24.3 Å². The topological polar surface area (TPSA) is 62.3 Å². The molecule has 1 aromatic carbocycles. The molecule has 1 aliphatic heterocycles. The van der Waals surface area contributed by atoms with E-state index in [0.717, 1.165) is 22.5 Å². The zero-order chi connectivity index (χ0) is 17.3. The molecule has 1 aromatic heterocycles. The van der Waals surface area contributed by atoms with E-state index in [-0.39, 0.29) is 24.2 Å². The van der Waals surface area contributed by atoms with Gasteiger partial charge in [0.25, 0.3) is 0 Å². The SMILES string of the molecule is Cc1ccc(C)c(N2CC(C(=O)Nc3cccc(C)n3)CC2=O)c1. The van der Waals surface area contributed by atoms with E-state index in [1.54, 1.807) is 11.0 Å². The zero-order valence-electron chi connectivity index (χ0n) is 14.2. The largest absolute Gasteiger partial charge is 0.311 e.